The van der Waals surface area contributed by atoms with E-state index in [4.69, 9.17) is 16.3 Å². The van der Waals surface area contributed by atoms with Crippen LogP contribution in [0.3, 0.4) is 0 Å². The minimum atomic E-state index is -0.284. The Bertz CT molecular complexity index is 669. The summed E-state index contributed by atoms with van der Waals surface area (Å²) in [4.78, 5) is 12.0. The molecule has 0 saturated heterocycles. The molecule has 0 aliphatic carbocycles. The zero-order chi connectivity index (χ0) is 16.5. The lowest BCUT2D eigenvalue weighted by Gasteiger charge is -2.06. The van der Waals surface area contributed by atoms with Gasteiger partial charge in [-0.05, 0) is 36.8 Å². The molecule has 0 aliphatic rings. The molecule has 1 amide bonds. The Morgan fingerprint density at radius 2 is 1.96 bits per heavy atom. The third-order valence-corrected chi connectivity index (χ3v) is 3.50. The highest BCUT2D eigenvalue weighted by Gasteiger charge is 2.04. The molecule has 2 rings (SSSR count). The van der Waals surface area contributed by atoms with Gasteiger partial charge in [0, 0.05) is 16.1 Å². The molecule has 0 bridgehead atoms. The lowest BCUT2D eigenvalue weighted by atomic mass is 10.2. The molecule has 0 heterocycles. The third kappa shape index (κ3) is 5.42. The average molecular weight is 331 g/mol. The highest BCUT2D eigenvalue weighted by Crippen LogP contribution is 2.13. The third-order valence-electron chi connectivity index (χ3n) is 3.16. The molecule has 0 radical (unpaired) electrons. The zero-order valence-corrected chi connectivity index (χ0v) is 13.7. The van der Waals surface area contributed by atoms with Crippen LogP contribution in [-0.4, -0.2) is 18.7 Å². The fraction of sp³-hybridized carbons (Fsp3) is 0.222. The van der Waals surface area contributed by atoms with E-state index in [9.17, 15) is 4.79 Å². The van der Waals surface area contributed by atoms with Gasteiger partial charge in [0.25, 0.3) is 5.91 Å². The first-order chi connectivity index (χ1) is 11.2. The SMILES string of the molecule is CCCCOc1ccc(C(=O)NN=Cc2ccccc2Cl)cc1. The lowest BCUT2D eigenvalue weighted by molar-refractivity contribution is 0.0955. The van der Waals surface area contributed by atoms with E-state index < -0.39 is 0 Å². The van der Waals surface area contributed by atoms with Crippen LogP contribution in [0, 0.1) is 0 Å². The van der Waals surface area contributed by atoms with Crippen molar-refractivity contribution in [1.82, 2.24) is 5.43 Å². The first-order valence-electron chi connectivity index (χ1n) is 7.51. The summed E-state index contributed by atoms with van der Waals surface area (Å²) in [5.74, 6) is 0.475. The van der Waals surface area contributed by atoms with Crippen LogP contribution in [0.4, 0.5) is 0 Å². The molecule has 23 heavy (non-hydrogen) atoms. The first-order valence-corrected chi connectivity index (χ1v) is 7.89. The fourth-order valence-corrected chi connectivity index (χ4v) is 2.03. The van der Waals surface area contributed by atoms with E-state index in [-0.39, 0.29) is 5.91 Å². The summed E-state index contributed by atoms with van der Waals surface area (Å²) in [6, 6.07) is 14.3. The maximum atomic E-state index is 12.0. The summed E-state index contributed by atoms with van der Waals surface area (Å²) in [7, 11) is 0. The number of amides is 1. The smallest absolute Gasteiger partial charge is 0.271 e. The molecular weight excluding hydrogens is 312 g/mol. The van der Waals surface area contributed by atoms with E-state index in [0.29, 0.717) is 17.2 Å². The van der Waals surface area contributed by atoms with Gasteiger partial charge in [-0.1, -0.05) is 43.1 Å². The standard InChI is InChI=1S/C18H19ClN2O2/c1-2-3-12-23-16-10-8-14(9-11-16)18(22)21-20-13-15-6-4-5-7-17(15)19/h4-11,13H,2-3,12H2,1H3,(H,21,22). The number of ether oxygens (including phenoxy) is 1. The van der Waals surface area contributed by atoms with Crippen molar-refractivity contribution < 1.29 is 9.53 Å². The minimum absolute atomic E-state index is 0.284. The first kappa shape index (κ1) is 17.0. The van der Waals surface area contributed by atoms with Gasteiger partial charge in [0.2, 0.25) is 0 Å². The van der Waals surface area contributed by atoms with E-state index in [1.54, 1.807) is 30.3 Å². The number of rotatable bonds is 7. The molecule has 0 aromatic heterocycles. The monoisotopic (exact) mass is 330 g/mol. The molecule has 0 unspecified atom stereocenters. The van der Waals surface area contributed by atoms with Crippen LogP contribution in [0.15, 0.2) is 53.6 Å². The van der Waals surface area contributed by atoms with Gasteiger partial charge in [-0.15, -0.1) is 0 Å². The van der Waals surface area contributed by atoms with Crippen LogP contribution in [0.1, 0.15) is 35.7 Å². The number of nitrogens with one attached hydrogen (secondary N) is 1. The second-order valence-corrected chi connectivity index (χ2v) is 5.35. The van der Waals surface area contributed by atoms with Crippen LogP contribution < -0.4 is 10.2 Å². The highest BCUT2D eigenvalue weighted by molar-refractivity contribution is 6.33. The van der Waals surface area contributed by atoms with E-state index >= 15 is 0 Å². The summed E-state index contributed by atoms with van der Waals surface area (Å²) in [6.45, 7) is 2.80. The van der Waals surface area contributed by atoms with Crippen molar-refractivity contribution >= 4 is 23.7 Å². The van der Waals surface area contributed by atoms with Crippen LogP contribution >= 0.6 is 11.6 Å². The van der Waals surface area contributed by atoms with Gasteiger partial charge in [0.05, 0.1) is 12.8 Å². The lowest BCUT2D eigenvalue weighted by Crippen LogP contribution is -2.17. The van der Waals surface area contributed by atoms with Crippen molar-refractivity contribution in [3.05, 3.63) is 64.7 Å². The Morgan fingerprint density at radius 1 is 1.22 bits per heavy atom. The van der Waals surface area contributed by atoms with Gasteiger partial charge in [-0.3, -0.25) is 4.79 Å². The second kappa shape index (κ2) is 8.96. The predicted octanol–water partition coefficient (Wildman–Crippen LogP) is 4.28. The molecule has 0 spiro atoms. The number of carbonyl (C=O) groups is 1. The van der Waals surface area contributed by atoms with Crippen molar-refractivity contribution in [2.75, 3.05) is 6.61 Å². The van der Waals surface area contributed by atoms with Gasteiger partial charge in [-0.2, -0.15) is 5.10 Å². The van der Waals surface area contributed by atoms with E-state index in [2.05, 4.69) is 17.5 Å². The Kier molecular flexibility index (Phi) is 6.63. The number of halogens is 1. The molecule has 0 fully saturated rings. The van der Waals surface area contributed by atoms with Crippen LogP contribution in [0.25, 0.3) is 0 Å². The number of carbonyl (C=O) groups excluding carboxylic acids is 1. The van der Waals surface area contributed by atoms with Crippen LogP contribution in [0.5, 0.6) is 5.75 Å². The van der Waals surface area contributed by atoms with Crippen LogP contribution in [-0.2, 0) is 0 Å². The average Bonchev–Trinajstić information content (AvgIpc) is 2.57. The van der Waals surface area contributed by atoms with Gasteiger partial charge in [0.15, 0.2) is 0 Å². The van der Waals surface area contributed by atoms with E-state index in [1.807, 2.05) is 18.2 Å². The predicted molar refractivity (Wildman–Crippen MR) is 93.4 cm³/mol. The number of unbranched alkanes of at least 4 members (excludes halogenated alkanes) is 1. The molecule has 0 atom stereocenters. The van der Waals surface area contributed by atoms with Gasteiger partial charge in [0.1, 0.15) is 5.75 Å². The molecule has 5 heteroatoms. The van der Waals surface area contributed by atoms with Crippen LogP contribution in [0.2, 0.25) is 5.02 Å². The van der Waals surface area contributed by atoms with E-state index in [0.717, 1.165) is 24.2 Å². The minimum Gasteiger partial charge on any atom is -0.494 e. The number of nitrogens with zero attached hydrogens (tertiary/aromatic N) is 1. The quantitative estimate of drug-likeness (QED) is 0.468. The van der Waals surface area contributed by atoms with Gasteiger partial charge < -0.3 is 4.74 Å². The summed E-state index contributed by atoms with van der Waals surface area (Å²) in [5.41, 5.74) is 3.74. The fourth-order valence-electron chi connectivity index (χ4n) is 1.84. The number of hydrogen-bond donors (Lipinski definition) is 1. The summed E-state index contributed by atoms with van der Waals surface area (Å²) >= 11 is 6.01. The summed E-state index contributed by atoms with van der Waals surface area (Å²) in [5, 5.41) is 4.50. The number of hydrogen-bond acceptors (Lipinski definition) is 3. The zero-order valence-electron chi connectivity index (χ0n) is 13.0. The van der Waals surface area contributed by atoms with Gasteiger partial charge >= 0.3 is 0 Å². The summed E-state index contributed by atoms with van der Waals surface area (Å²) < 4.78 is 5.56. The van der Waals surface area contributed by atoms with Crippen molar-refractivity contribution in [2.45, 2.75) is 19.8 Å². The molecule has 4 nitrogen and oxygen atoms in total. The molecule has 1 N–H and O–H groups in total. The molecule has 2 aromatic carbocycles. The maximum absolute atomic E-state index is 12.0. The number of hydrazone groups is 1. The molecule has 0 aliphatic heterocycles. The Hall–Kier alpha value is -2.33. The Balaban J connectivity index is 1.89. The summed E-state index contributed by atoms with van der Waals surface area (Å²) in [6.07, 6.45) is 3.62. The second-order valence-electron chi connectivity index (χ2n) is 4.95. The normalized spacial score (nSPS) is 10.7. The number of benzene rings is 2. The van der Waals surface area contributed by atoms with Gasteiger partial charge in [-0.25, -0.2) is 5.43 Å². The Labute approximate surface area is 141 Å². The largest absolute Gasteiger partial charge is 0.494 e. The van der Waals surface area contributed by atoms with Crippen molar-refractivity contribution in [1.29, 1.82) is 0 Å². The van der Waals surface area contributed by atoms with Crippen molar-refractivity contribution in [3.8, 4) is 5.75 Å². The Morgan fingerprint density at radius 3 is 2.65 bits per heavy atom. The highest BCUT2D eigenvalue weighted by atomic mass is 35.5. The molecule has 2 aromatic rings. The molecule has 120 valence electrons. The van der Waals surface area contributed by atoms with Crippen molar-refractivity contribution in [2.24, 2.45) is 5.10 Å². The van der Waals surface area contributed by atoms with E-state index in [1.165, 1.54) is 6.21 Å². The topological polar surface area (TPSA) is 50.7 Å². The molecular formula is C18H19ClN2O2. The maximum Gasteiger partial charge on any atom is 0.271 e. The van der Waals surface area contributed by atoms with Crippen molar-refractivity contribution in [3.63, 3.8) is 0 Å². The molecule has 0 saturated carbocycles.